The fourth-order valence-electron chi connectivity index (χ4n) is 2.88. The van der Waals surface area contributed by atoms with Crippen molar-refractivity contribution in [1.29, 1.82) is 0 Å². The van der Waals surface area contributed by atoms with Gasteiger partial charge in [0.1, 0.15) is 6.33 Å². The second-order valence-corrected chi connectivity index (χ2v) is 6.89. The molecule has 1 atom stereocenters. The molecule has 1 aliphatic heterocycles. The number of hydrogen-bond donors (Lipinski definition) is 1. The number of nitrogens with one attached hydrogen (secondary N) is 1. The standard InChI is InChI=1S/C16H20N4OS/c1-12(22-16-17-11-18-19-16)15(21)20-9-7-14(8-10-20)13-5-3-2-4-6-13/h2-6,11-12,14H,7-10H2,1H3,(H,17,18,19). The maximum Gasteiger partial charge on any atom is 0.235 e. The Kier molecular flexibility index (Phi) is 4.77. The van der Waals surface area contributed by atoms with Gasteiger partial charge < -0.3 is 4.90 Å². The maximum atomic E-state index is 12.5. The van der Waals surface area contributed by atoms with Gasteiger partial charge in [-0.25, -0.2) is 4.98 Å². The average Bonchev–Trinajstić information content (AvgIpc) is 3.08. The SMILES string of the molecule is CC(Sc1ncn[nH]1)C(=O)N1CCC(c2ccccc2)CC1. The summed E-state index contributed by atoms with van der Waals surface area (Å²) < 4.78 is 0. The summed E-state index contributed by atoms with van der Waals surface area (Å²) in [5.41, 5.74) is 1.39. The Labute approximate surface area is 134 Å². The van der Waals surface area contributed by atoms with Gasteiger partial charge in [-0.1, -0.05) is 42.1 Å². The van der Waals surface area contributed by atoms with Crippen LogP contribution in [0, 0.1) is 0 Å². The number of carbonyl (C=O) groups excluding carboxylic acids is 1. The molecule has 116 valence electrons. The highest BCUT2D eigenvalue weighted by molar-refractivity contribution is 8.00. The van der Waals surface area contributed by atoms with Gasteiger partial charge in [-0.05, 0) is 31.2 Å². The minimum atomic E-state index is -0.138. The molecule has 1 fully saturated rings. The highest BCUT2D eigenvalue weighted by Gasteiger charge is 2.27. The first-order chi connectivity index (χ1) is 10.7. The Morgan fingerprint density at radius 3 is 2.68 bits per heavy atom. The van der Waals surface area contributed by atoms with E-state index in [1.807, 2.05) is 17.9 Å². The summed E-state index contributed by atoms with van der Waals surface area (Å²) in [5.74, 6) is 0.760. The van der Waals surface area contributed by atoms with Crippen molar-refractivity contribution < 1.29 is 4.79 Å². The largest absolute Gasteiger partial charge is 0.342 e. The van der Waals surface area contributed by atoms with Crippen LogP contribution >= 0.6 is 11.8 Å². The van der Waals surface area contributed by atoms with Crippen molar-refractivity contribution >= 4 is 17.7 Å². The molecule has 1 saturated heterocycles. The molecule has 1 aliphatic rings. The minimum absolute atomic E-state index is 0.138. The number of nitrogens with zero attached hydrogens (tertiary/aromatic N) is 3. The molecule has 0 saturated carbocycles. The number of piperidine rings is 1. The molecular formula is C16H20N4OS. The number of aromatic nitrogens is 3. The Morgan fingerprint density at radius 1 is 1.32 bits per heavy atom. The van der Waals surface area contributed by atoms with Crippen LogP contribution in [0.1, 0.15) is 31.2 Å². The monoisotopic (exact) mass is 316 g/mol. The normalized spacial score (nSPS) is 17.4. The van der Waals surface area contributed by atoms with Crippen molar-refractivity contribution in [2.45, 2.75) is 36.1 Å². The third-order valence-electron chi connectivity index (χ3n) is 4.11. The summed E-state index contributed by atoms with van der Waals surface area (Å²) in [6.07, 6.45) is 3.54. The lowest BCUT2D eigenvalue weighted by atomic mass is 9.89. The average molecular weight is 316 g/mol. The van der Waals surface area contributed by atoms with Crippen LogP contribution in [-0.4, -0.2) is 44.3 Å². The second kappa shape index (κ2) is 6.96. The molecule has 1 amide bonds. The van der Waals surface area contributed by atoms with Gasteiger partial charge in [0.15, 0.2) is 5.16 Å². The predicted octanol–water partition coefficient (Wildman–Crippen LogP) is 2.69. The van der Waals surface area contributed by atoms with Gasteiger partial charge in [-0.15, -0.1) is 0 Å². The van der Waals surface area contributed by atoms with E-state index in [2.05, 4.69) is 39.4 Å². The van der Waals surface area contributed by atoms with Gasteiger partial charge in [0.25, 0.3) is 0 Å². The first-order valence-corrected chi connectivity index (χ1v) is 8.48. The summed E-state index contributed by atoms with van der Waals surface area (Å²) in [7, 11) is 0. The molecule has 2 heterocycles. The number of rotatable bonds is 4. The molecule has 3 rings (SSSR count). The molecule has 5 nitrogen and oxygen atoms in total. The van der Waals surface area contributed by atoms with E-state index in [1.54, 1.807) is 0 Å². The predicted molar refractivity (Wildman–Crippen MR) is 86.7 cm³/mol. The van der Waals surface area contributed by atoms with E-state index >= 15 is 0 Å². The molecule has 6 heteroatoms. The van der Waals surface area contributed by atoms with Crippen molar-refractivity contribution in [3.05, 3.63) is 42.2 Å². The van der Waals surface area contributed by atoms with Crippen LogP contribution in [0.25, 0.3) is 0 Å². The molecule has 2 aromatic rings. The topological polar surface area (TPSA) is 61.9 Å². The highest BCUT2D eigenvalue weighted by atomic mass is 32.2. The van der Waals surface area contributed by atoms with Crippen LogP contribution in [0.3, 0.4) is 0 Å². The number of carbonyl (C=O) groups is 1. The third-order valence-corrected chi connectivity index (χ3v) is 5.08. The number of hydrogen-bond acceptors (Lipinski definition) is 4. The van der Waals surface area contributed by atoms with Crippen molar-refractivity contribution in [3.63, 3.8) is 0 Å². The molecule has 1 N–H and O–H groups in total. The van der Waals surface area contributed by atoms with Crippen LogP contribution in [0.5, 0.6) is 0 Å². The van der Waals surface area contributed by atoms with Crippen molar-refractivity contribution in [2.75, 3.05) is 13.1 Å². The maximum absolute atomic E-state index is 12.5. The van der Waals surface area contributed by atoms with Crippen LogP contribution in [0.2, 0.25) is 0 Å². The Bertz CT molecular complexity index is 594. The molecule has 1 aromatic heterocycles. The van der Waals surface area contributed by atoms with E-state index in [1.165, 1.54) is 23.7 Å². The number of likely N-dealkylation sites (tertiary alicyclic amines) is 1. The summed E-state index contributed by atoms with van der Waals surface area (Å²) >= 11 is 1.43. The van der Waals surface area contributed by atoms with Crippen LogP contribution in [0.15, 0.2) is 41.8 Å². The number of benzene rings is 1. The fourth-order valence-corrected chi connectivity index (χ4v) is 3.68. The van der Waals surface area contributed by atoms with Gasteiger partial charge in [0.2, 0.25) is 5.91 Å². The van der Waals surface area contributed by atoms with Gasteiger partial charge >= 0.3 is 0 Å². The fraction of sp³-hybridized carbons (Fsp3) is 0.438. The smallest absolute Gasteiger partial charge is 0.235 e. The molecule has 0 aliphatic carbocycles. The number of aromatic amines is 1. The lowest BCUT2D eigenvalue weighted by Crippen LogP contribution is -2.41. The Morgan fingerprint density at radius 2 is 2.05 bits per heavy atom. The lowest BCUT2D eigenvalue weighted by molar-refractivity contribution is -0.131. The number of thioether (sulfide) groups is 1. The summed E-state index contributed by atoms with van der Waals surface area (Å²) in [6.45, 7) is 3.60. The zero-order valence-electron chi connectivity index (χ0n) is 12.6. The summed E-state index contributed by atoms with van der Waals surface area (Å²) in [4.78, 5) is 18.6. The number of amides is 1. The molecule has 22 heavy (non-hydrogen) atoms. The first-order valence-electron chi connectivity index (χ1n) is 7.60. The lowest BCUT2D eigenvalue weighted by Gasteiger charge is -2.33. The van der Waals surface area contributed by atoms with Crippen molar-refractivity contribution in [3.8, 4) is 0 Å². The van der Waals surface area contributed by atoms with Crippen molar-refractivity contribution in [2.24, 2.45) is 0 Å². The van der Waals surface area contributed by atoms with Crippen LogP contribution < -0.4 is 0 Å². The molecular weight excluding hydrogens is 296 g/mol. The highest BCUT2D eigenvalue weighted by Crippen LogP contribution is 2.29. The third kappa shape index (κ3) is 3.50. The van der Waals surface area contributed by atoms with Crippen LogP contribution in [-0.2, 0) is 4.79 Å². The van der Waals surface area contributed by atoms with E-state index in [9.17, 15) is 4.79 Å². The minimum Gasteiger partial charge on any atom is -0.342 e. The summed E-state index contributed by atoms with van der Waals surface area (Å²) in [6, 6.07) is 10.6. The van der Waals surface area contributed by atoms with Crippen molar-refractivity contribution in [1.82, 2.24) is 20.1 Å². The molecule has 0 radical (unpaired) electrons. The van der Waals surface area contributed by atoms with E-state index in [0.29, 0.717) is 11.1 Å². The summed E-state index contributed by atoms with van der Waals surface area (Å²) in [5, 5.41) is 7.15. The molecule has 0 bridgehead atoms. The zero-order chi connectivity index (χ0) is 15.4. The van der Waals surface area contributed by atoms with Gasteiger partial charge in [-0.2, -0.15) is 5.10 Å². The molecule has 0 spiro atoms. The van der Waals surface area contributed by atoms with Gasteiger partial charge in [0.05, 0.1) is 5.25 Å². The molecule has 1 aromatic carbocycles. The van der Waals surface area contributed by atoms with E-state index in [-0.39, 0.29) is 11.2 Å². The number of H-pyrrole nitrogens is 1. The first kappa shape index (κ1) is 15.1. The van der Waals surface area contributed by atoms with Gasteiger partial charge in [-0.3, -0.25) is 9.89 Å². The second-order valence-electron chi connectivity index (χ2n) is 5.56. The Balaban J connectivity index is 1.53. The zero-order valence-corrected chi connectivity index (χ0v) is 13.4. The quantitative estimate of drug-likeness (QED) is 0.881. The Hall–Kier alpha value is -1.82. The van der Waals surface area contributed by atoms with E-state index < -0.39 is 0 Å². The van der Waals surface area contributed by atoms with Crippen LogP contribution in [0.4, 0.5) is 0 Å². The molecule has 1 unspecified atom stereocenters. The van der Waals surface area contributed by atoms with Gasteiger partial charge in [0, 0.05) is 13.1 Å². The van der Waals surface area contributed by atoms with E-state index in [0.717, 1.165) is 25.9 Å². The van der Waals surface area contributed by atoms with E-state index in [4.69, 9.17) is 0 Å².